The van der Waals surface area contributed by atoms with Crippen LogP contribution < -0.4 is 0 Å². The van der Waals surface area contributed by atoms with Crippen LogP contribution in [0.5, 0.6) is 0 Å². The molecule has 1 aromatic rings. The van der Waals surface area contributed by atoms with Gasteiger partial charge < -0.3 is 10.0 Å². The Morgan fingerprint density at radius 1 is 1.53 bits per heavy atom. The molecule has 5 heteroatoms. The molecular formula is C12H20N2O2S. The van der Waals surface area contributed by atoms with Crippen LogP contribution in [0.3, 0.4) is 0 Å². The van der Waals surface area contributed by atoms with E-state index in [9.17, 15) is 4.79 Å². The highest BCUT2D eigenvalue weighted by Gasteiger charge is 2.14. The molecule has 1 heterocycles. The summed E-state index contributed by atoms with van der Waals surface area (Å²) in [4.78, 5) is 17.3. The summed E-state index contributed by atoms with van der Waals surface area (Å²) < 4.78 is 0. The number of thiazole rings is 1. The van der Waals surface area contributed by atoms with Crippen molar-refractivity contribution < 1.29 is 9.90 Å². The van der Waals surface area contributed by atoms with Gasteiger partial charge in [0.2, 0.25) is 0 Å². The van der Waals surface area contributed by atoms with E-state index in [-0.39, 0.29) is 6.42 Å². The summed E-state index contributed by atoms with van der Waals surface area (Å²) in [6.07, 6.45) is 0.0223. The zero-order chi connectivity index (χ0) is 12.8. The molecule has 1 aromatic heterocycles. The van der Waals surface area contributed by atoms with Crippen LogP contribution in [-0.4, -0.2) is 40.6 Å². The molecule has 0 amide bonds. The average Bonchev–Trinajstić information content (AvgIpc) is 2.73. The molecule has 4 nitrogen and oxygen atoms in total. The van der Waals surface area contributed by atoms with E-state index in [1.807, 2.05) is 5.38 Å². The van der Waals surface area contributed by atoms with Gasteiger partial charge in [0.25, 0.3) is 0 Å². The van der Waals surface area contributed by atoms with Crippen LogP contribution >= 0.6 is 11.3 Å². The smallest absolute Gasteiger partial charge is 0.309 e. The topological polar surface area (TPSA) is 53.4 Å². The lowest BCUT2D eigenvalue weighted by molar-refractivity contribution is -0.136. The lowest BCUT2D eigenvalue weighted by Crippen LogP contribution is -2.27. The second kappa shape index (κ2) is 6.71. The second-order valence-corrected chi connectivity index (χ2v) is 5.02. The Morgan fingerprint density at radius 3 is 2.71 bits per heavy atom. The lowest BCUT2D eigenvalue weighted by atomic mass is 10.2. The molecule has 0 saturated heterocycles. The summed E-state index contributed by atoms with van der Waals surface area (Å²) in [5.74, 6) is -0.458. The van der Waals surface area contributed by atoms with Crippen LogP contribution in [0.2, 0.25) is 0 Å². The minimum Gasteiger partial charge on any atom is -0.481 e. The number of likely N-dealkylation sites (N-methyl/N-ethyl adjacent to an activating group) is 1. The third-order valence-corrected chi connectivity index (χ3v) is 3.87. The maximum Gasteiger partial charge on any atom is 0.309 e. The Balaban J connectivity index is 2.59. The molecule has 0 aliphatic rings. The predicted molar refractivity (Wildman–Crippen MR) is 69.7 cm³/mol. The number of rotatable bonds is 7. The van der Waals surface area contributed by atoms with E-state index in [0.717, 1.165) is 24.6 Å². The lowest BCUT2D eigenvalue weighted by Gasteiger charge is -2.21. The highest BCUT2D eigenvalue weighted by Crippen LogP contribution is 2.21. The molecular weight excluding hydrogens is 236 g/mol. The number of hydrogen-bond acceptors (Lipinski definition) is 4. The zero-order valence-electron chi connectivity index (χ0n) is 10.6. The summed E-state index contributed by atoms with van der Waals surface area (Å²) in [6.45, 7) is 9.49. The molecule has 0 radical (unpaired) electrons. The maximum atomic E-state index is 10.6. The molecule has 0 spiro atoms. The summed E-state index contributed by atoms with van der Waals surface area (Å²) in [5.41, 5.74) is 0.670. The predicted octanol–water partition coefficient (Wildman–Crippen LogP) is 2.22. The van der Waals surface area contributed by atoms with Gasteiger partial charge in [0.15, 0.2) is 0 Å². The van der Waals surface area contributed by atoms with E-state index in [2.05, 4.69) is 30.7 Å². The largest absolute Gasteiger partial charge is 0.481 e. The van der Waals surface area contributed by atoms with Gasteiger partial charge in [-0.25, -0.2) is 4.98 Å². The van der Waals surface area contributed by atoms with Gasteiger partial charge in [-0.15, -0.1) is 11.3 Å². The highest BCUT2D eigenvalue weighted by atomic mass is 32.1. The summed E-state index contributed by atoms with van der Waals surface area (Å²) in [7, 11) is 0. The van der Waals surface area contributed by atoms with Gasteiger partial charge in [0.1, 0.15) is 0 Å². The van der Waals surface area contributed by atoms with Crippen LogP contribution in [0.15, 0.2) is 5.38 Å². The van der Waals surface area contributed by atoms with E-state index in [0.29, 0.717) is 11.6 Å². The van der Waals surface area contributed by atoms with Crippen molar-refractivity contribution in [3.63, 3.8) is 0 Å². The number of carboxylic acids is 1. The van der Waals surface area contributed by atoms with Crippen molar-refractivity contribution in [3.05, 3.63) is 16.1 Å². The molecule has 0 aliphatic carbocycles. The van der Waals surface area contributed by atoms with Crippen LogP contribution in [0.1, 0.15) is 37.4 Å². The van der Waals surface area contributed by atoms with Crippen LogP contribution in [0, 0.1) is 0 Å². The SMILES string of the molecule is CCN(CC)CC(C)c1nc(CC(=O)O)cs1. The third kappa shape index (κ3) is 4.44. The van der Waals surface area contributed by atoms with Gasteiger partial charge in [-0.1, -0.05) is 20.8 Å². The maximum absolute atomic E-state index is 10.6. The standard InChI is InChI=1S/C12H20N2O2S/c1-4-14(5-2)7-9(3)12-13-10(8-17-12)6-11(15)16/h8-9H,4-7H2,1-3H3,(H,15,16). The van der Waals surface area contributed by atoms with Crippen molar-refractivity contribution in [2.24, 2.45) is 0 Å². The Morgan fingerprint density at radius 2 is 2.18 bits per heavy atom. The van der Waals surface area contributed by atoms with Crippen LogP contribution in [0.25, 0.3) is 0 Å². The first kappa shape index (κ1) is 14.1. The van der Waals surface area contributed by atoms with Gasteiger partial charge in [-0.05, 0) is 13.1 Å². The fourth-order valence-electron chi connectivity index (χ4n) is 1.73. The first-order valence-electron chi connectivity index (χ1n) is 5.95. The molecule has 1 rings (SSSR count). The van der Waals surface area contributed by atoms with E-state index < -0.39 is 5.97 Å². The Bertz CT molecular complexity index is 361. The van der Waals surface area contributed by atoms with Crippen molar-refractivity contribution in [1.82, 2.24) is 9.88 Å². The van der Waals surface area contributed by atoms with E-state index in [4.69, 9.17) is 5.11 Å². The van der Waals surface area contributed by atoms with Crippen molar-refractivity contribution in [2.75, 3.05) is 19.6 Å². The van der Waals surface area contributed by atoms with Gasteiger partial charge >= 0.3 is 5.97 Å². The van der Waals surface area contributed by atoms with E-state index in [1.54, 1.807) is 11.3 Å². The zero-order valence-corrected chi connectivity index (χ0v) is 11.5. The average molecular weight is 256 g/mol. The molecule has 1 atom stereocenters. The van der Waals surface area contributed by atoms with Crippen molar-refractivity contribution >= 4 is 17.3 Å². The molecule has 0 bridgehead atoms. The number of carboxylic acid groups (broad SMARTS) is 1. The third-order valence-electron chi connectivity index (χ3n) is 2.75. The summed E-state index contributed by atoms with van der Waals surface area (Å²) >= 11 is 1.56. The highest BCUT2D eigenvalue weighted by molar-refractivity contribution is 7.09. The molecule has 0 aromatic carbocycles. The van der Waals surface area contributed by atoms with Crippen molar-refractivity contribution in [2.45, 2.75) is 33.1 Å². The van der Waals surface area contributed by atoms with E-state index >= 15 is 0 Å². The van der Waals surface area contributed by atoms with Gasteiger partial charge in [-0.2, -0.15) is 0 Å². The Kier molecular flexibility index (Phi) is 5.58. The monoisotopic (exact) mass is 256 g/mol. The van der Waals surface area contributed by atoms with Gasteiger partial charge in [0, 0.05) is 17.8 Å². The first-order chi connectivity index (χ1) is 8.06. The Hall–Kier alpha value is -0.940. The molecule has 17 heavy (non-hydrogen) atoms. The number of hydrogen-bond donors (Lipinski definition) is 1. The molecule has 96 valence electrons. The number of nitrogens with zero attached hydrogens (tertiary/aromatic N) is 2. The number of aliphatic carboxylic acids is 1. The van der Waals surface area contributed by atoms with Gasteiger partial charge in [0.05, 0.1) is 17.1 Å². The summed E-state index contributed by atoms with van der Waals surface area (Å²) in [5, 5.41) is 11.6. The van der Waals surface area contributed by atoms with Gasteiger partial charge in [-0.3, -0.25) is 4.79 Å². The van der Waals surface area contributed by atoms with Crippen LogP contribution in [0.4, 0.5) is 0 Å². The summed E-state index contributed by atoms with van der Waals surface area (Å²) in [6, 6.07) is 0. The Labute approximate surface area is 106 Å². The minimum absolute atomic E-state index is 0.0223. The molecule has 1 N–H and O–H groups in total. The molecule has 0 fully saturated rings. The molecule has 0 aliphatic heterocycles. The number of carbonyl (C=O) groups is 1. The quantitative estimate of drug-likeness (QED) is 0.812. The molecule has 1 unspecified atom stereocenters. The fraction of sp³-hybridized carbons (Fsp3) is 0.667. The number of aromatic nitrogens is 1. The second-order valence-electron chi connectivity index (χ2n) is 4.13. The first-order valence-corrected chi connectivity index (χ1v) is 6.83. The van der Waals surface area contributed by atoms with Crippen molar-refractivity contribution in [3.8, 4) is 0 Å². The van der Waals surface area contributed by atoms with E-state index in [1.165, 1.54) is 0 Å². The molecule has 0 saturated carbocycles. The fourth-order valence-corrected chi connectivity index (χ4v) is 2.60. The minimum atomic E-state index is -0.821. The van der Waals surface area contributed by atoms with Crippen molar-refractivity contribution in [1.29, 1.82) is 0 Å². The normalized spacial score (nSPS) is 12.9. The van der Waals surface area contributed by atoms with Crippen LogP contribution in [-0.2, 0) is 11.2 Å².